The zero-order valence-electron chi connectivity index (χ0n) is 15.2. The van der Waals surface area contributed by atoms with Gasteiger partial charge in [0.2, 0.25) is 0 Å². The zero-order chi connectivity index (χ0) is 18.2. The topological polar surface area (TPSA) is 56.5 Å². The Morgan fingerprint density at radius 3 is 2.52 bits per heavy atom. The number of hydrogen-bond acceptors (Lipinski definition) is 4. The molecule has 1 atom stereocenters. The Bertz CT molecular complexity index is 868. The molecule has 1 fully saturated rings. The maximum atomic E-state index is 12.5. The Balaban J connectivity index is 1.89. The molecule has 1 aromatic heterocycles. The molecule has 2 aromatic rings. The van der Waals surface area contributed by atoms with Crippen LogP contribution in [0.1, 0.15) is 31.1 Å². The van der Waals surface area contributed by atoms with Crippen LogP contribution in [0.15, 0.2) is 46.1 Å². The van der Waals surface area contributed by atoms with Gasteiger partial charge >= 0.3 is 5.69 Å². The smallest absolute Gasteiger partial charge is 0.330 e. The fourth-order valence-corrected chi connectivity index (χ4v) is 3.24. The van der Waals surface area contributed by atoms with Crippen molar-refractivity contribution in [2.24, 2.45) is 14.1 Å². The average molecular weight is 343 g/mol. The molecule has 0 bridgehead atoms. The third kappa shape index (κ3) is 3.45. The second-order valence-electron chi connectivity index (χ2n) is 7.32. The molecule has 2 heterocycles. The molecule has 134 valence electrons. The molecule has 0 saturated carbocycles. The lowest BCUT2D eigenvalue weighted by Crippen LogP contribution is -2.54. The molecule has 25 heavy (non-hydrogen) atoms. The molecule has 6 nitrogen and oxygen atoms in total. The minimum Gasteiger partial charge on any atom is -0.370 e. The highest BCUT2D eigenvalue weighted by atomic mass is 16.5. The zero-order valence-corrected chi connectivity index (χ0v) is 15.2. The van der Waals surface area contributed by atoms with E-state index in [2.05, 4.69) is 30.9 Å². The van der Waals surface area contributed by atoms with Crippen LogP contribution in [0.3, 0.4) is 0 Å². The van der Waals surface area contributed by atoms with Gasteiger partial charge in [-0.3, -0.25) is 14.3 Å². The van der Waals surface area contributed by atoms with Gasteiger partial charge in [-0.1, -0.05) is 30.3 Å². The number of benzene rings is 1. The first kappa shape index (κ1) is 17.6. The van der Waals surface area contributed by atoms with E-state index in [1.54, 1.807) is 13.2 Å². The quantitative estimate of drug-likeness (QED) is 0.846. The number of nitrogens with zero attached hydrogens (tertiary/aromatic N) is 3. The predicted octanol–water partition coefficient (Wildman–Crippen LogP) is 1.44. The molecular formula is C19H25N3O3. The lowest BCUT2D eigenvalue weighted by Gasteiger charge is -2.45. The summed E-state index contributed by atoms with van der Waals surface area (Å²) in [5, 5.41) is 0. The van der Waals surface area contributed by atoms with E-state index in [1.165, 1.54) is 11.6 Å². The van der Waals surface area contributed by atoms with Gasteiger partial charge in [0, 0.05) is 44.5 Å². The van der Waals surface area contributed by atoms with Crippen molar-refractivity contribution in [1.29, 1.82) is 0 Å². The molecule has 0 amide bonds. The van der Waals surface area contributed by atoms with Crippen LogP contribution in [-0.2, 0) is 25.4 Å². The molecule has 1 aliphatic heterocycles. The normalized spacial score (nSPS) is 20.6. The molecule has 0 radical (unpaired) electrons. The highest BCUT2D eigenvalue weighted by Gasteiger charge is 2.36. The van der Waals surface area contributed by atoms with E-state index in [4.69, 9.17) is 4.74 Å². The van der Waals surface area contributed by atoms with Crippen molar-refractivity contribution in [3.63, 3.8) is 0 Å². The molecule has 6 heteroatoms. The summed E-state index contributed by atoms with van der Waals surface area (Å²) >= 11 is 0. The fourth-order valence-electron chi connectivity index (χ4n) is 3.24. The predicted molar refractivity (Wildman–Crippen MR) is 96.5 cm³/mol. The summed E-state index contributed by atoms with van der Waals surface area (Å²) in [6.07, 6.45) is 1.62. The first-order valence-electron chi connectivity index (χ1n) is 8.47. The van der Waals surface area contributed by atoms with Gasteiger partial charge in [0.15, 0.2) is 0 Å². The van der Waals surface area contributed by atoms with Crippen LogP contribution in [0.4, 0.5) is 0 Å². The van der Waals surface area contributed by atoms with Gasteiger partial charge in [0.1, 0.15) is 0 Å². The van der Waals surface area contributed by atoms with Crippen molar-refractivity contribution in [2.45, 2.75) is 32.0 Å². The van der Waals surface area contributed by atoms with Crippen LogP contribution in [-0.4, -0.2) is 32.7 Å². The Kier molecular flexibility index (Phi) is 4.67. The number of aromatic nitrogens is 2. The first-order valence-corrected chi connectivity index (χ1v) is 8.47. The van der Waals surface area contributed by atoms with Gasteiger partial charge in [0.05, 0.1) is 12.7 Å². The number of aryl methyl sites for hydroxylation is 1. The van der Waals surface area contributed by atoms with E-state index in [1.807, 2.05) is 18.2 Å². The largest absolute Gasteiger partial charge is 0.370 e. The van der Waals surface area contributed by atoms with Crippen molar-refractivity contribution in [2.75, 3.05) is 13.2 Å². The van der Waals surface area contributed by atoms with Crippen LogP contribution in [0.2, 0.25) is 0 Å². The van der Waals surface area contributed by atoms with Crippen LogP contribution in [0.5, 0.6) is 0 Å². The van der Waals surface area contributed by atoms with E-state index in [9.17, 15) is 9.59 Å². The van der Waals surface area contributed by atoms with E-state index in [0.29, 0.717) is 25.3 Å². The standard InChI is InChI=1S/C19H25N3O3/c1-19(2)13-25-16(14-8-6-5-7-9-14)12-22(19)11-15-10-20(3)18(24)21(4)17(15)23/h5-10,16H,11-13H2,1-4H3. The minimum atomic E-state index is -0.308. The average Bonchev–Trinajstić information content (AvgIpc) is 2.60. The summed E-state index contributed by atoms with van der Waals surface area (Å²) < 4.78 is 8.69. The minimum absolute atomic E-state index is 0.0226. The van der Waals surface area contributed by atoms with Crippen LogP contribution >= 0.6 is 0 Å². The van der Waals surface area contributed by atoms with Crippen molar-refractivity contribution in [3.05, 3.63) is 68.5 Å². The highest BCUT2D eigenvalue weighted by Crippen LogP contribution is 2.30. The number of rotatable bonds is 3. The summed E-state index contributed by atoms with van der Waals surface area (Å²) in [5.74, 6) is 0. The number of morpholine rings is 1. The molecule has 1 aliphatic rings. The molecule has 0 N–H and O–H groups in total. The molecule has 0 spiro atoms. The third-order valence-corrected chi connectivity index (χ3v) is 4.93. The second-order valence-corrected chi connectivity index (χ2v) is 7.32. The van der Waals surface area contributed by atoms with E-state index < -0.39 is 0 Å². The Morgan fingerprint density at radius 1 is 1.16 bits per heavy atom. The van der Waals surface area contributed by atoms with Crippen LogP contribution < -0.4 is 11.2 Å². The maximum absolute atomic E-state index is 12.5. The van der Waals surface area contributed by atoms with Gasteiger partial charge < -0.3 is 9.30 Å². The van der Waals surface area contributed by atoms with Crippen molar-refractivity contribution >= 4 is 0 Å². The van der Waals surface area contributed by atoms with E-state index in [-0.39, 0.29) is 22.9 Å². The monoisotopic (exact) mass is 343 g/mol. The number of ether oxygens (including phenoxy) is 1. The van der Waals surface area contributed by atoms with Gasteiger partial charge in [-0.15, -0.1) is 0 Å². The van der Waals surface area contributed by atoms with Crippen molar-refractivity contribution < 1.29 is 4.74 Å². The Labute approximate surface area is 147 Å². The molecule has 1 unspecified atom stereocenters. The van der Waals surface area contributed by atoms with Crippen LogP contribution in [0, 0.1) is 0 Å². The summed E-state index contributed by atoms with van der Waals surface area (Å²) in [6.45, 7) is 5.99. The molecule has 0 aliphatic carbocycles. The Morgan fingerprint density at radius 2 is 1.84 bits per heavy atom. The SMILES string of the molecule is Cn1cc(CN2CC(c3ccccc3)OCC2(C)C)c(=O)n(C)c1=O. The van der Waals surface area contributed by atoms with Crippen molar-refractivity contribution in [3.8, 4) is 0 Å². The van der Waals surface area contributed by atoms with Gasteiger partial charge in [-0.25, -0.2) is 4.79 Å². The molecular weight excluding hydrogens is 318 g/mol. The number of hydrogen-bond donors (Lipinski definition) is 0. The lowest BCUT2D eigenvalue weighted by molar-refractivity contribution is -0.104. The summed E-state index contributed by atoms with van der Waals surface area (Å²) in [6, 6.07) is 10.1. The van der Waals surface area contributed by atoms with Gasteiger partial charge in [-0.2, -0.15) is 0 Å². The van der Waals surface area contributed by atoms with Gasteiger partial charge in [0.25, 0.3) is 5.56 Å². The fraction of sp³-hybridized carbons (Fsp3) is 0.474. The molecule has 1 aromatic carbocycles. The highest BCUT2D eigenvalue weighted by molar-refractivity contribution is 5.19. The summed E-state index contributed by atoms with van der Waals surface area (Å²) in [5.41, 5.74) is 1.02. The van der Waals surface area contributed by atoms with Crippen LogP contribution in [0.25, 0.3) is 0 Å². The van der Waals surface area contributed by atoms with Gasteiger partial charge in [-0.05, 0) is 19.4 Å². The van der Waals surface area contributed by atoms with E-state index in [0.717, 1.165) is 10.1 Å². The Hall–Kier alpha value is -2.18. The van der Waals surface area contributed by atoms with E-state index >= 15 is 0 Å². The maximum Gasteiger partial charge on any atom is 0.330 e. The lowest BCUT2D eigenvalue weighted by atomic mass is 9.97. The second kappa shape index (κ2) is 6.61. The first-order chi connectivity index (χ1) is 11.8. The molecule has 3 rings (SSSR count). The molecule has 1 saturated heterocycles. The van der Waals surface area contributed by atoms with Crippen molar-refractivity contribution in [1.82, 2.24) is 14.0 Å². The summed E-state index contributed by atoms with van der Waals surface area (Å²) in [4.78, 5) is 26.6. The summed E-state index contributed by atoms with van der Waals surface area (Å²) in [7, 11) is 3.19. The third-order valence-electron chi connectivity index (χ3n) is 4.93.